The topological polar surface area (TPSA) is 70.7 Å². The maximum absolute atomic E-state index is 13.1. The van der Waals surface area contributed by atoms with E-state index in [0.717, 1.165) is 36.5 Å². The summed E-state index contributed by atoms with van der Waals surface area (Å²) >= 11 is 1.56. The summed E-state index contributed by atoms with van der Waals surface area (Å²) in [6.07, 6.45) is 2.00. The highest BCUT2D eigenvalue weighted by Gasteiger charge is 2.22. The number of carbonyl (C=O) groups is 2. The summed E-state index contributed by atoms with van der Waals surface area (Å²) in [6, 6.07) is 17.9. The number of fused-ring (bicyclic) bond motifs is 1. The average molecular weight is 464 g/mol. The van der Waals surface area contributed by atoms with Gasteiger partial charge in [-0.1, -0.05) is 30.3 Å². The van der Waals surface area contributed by atoms with Gasteiger partial charge in [0.15, 0.2) is 0 Å². The molecule has 0 radical (unpaired) electrons. The van der Waals surface area contributed by atoms with Crippen molar-refractivity contribution >= 4 is 34.5 Å². The average Bonchev–Trinajstić information content (AvgIpc) is 3.34. The molecule has 6 nitrogen and oxygen atoms in total. The number of carbonyl (C=O) groups excluding carboxylic acids is 2. The predicted octanol–water partition coefficient (Wildman–Crippen LogP) is 4.26. The molecule has 1 aliphatic rings. The molecule has 1 aliphatic heterocycles. The van der Waals surface area contributed by atoms with E-state index in [0.29, 0.717) is 30.8 Å². The first-order valence-electron chi connectivity index (χ1n) is 11.2. The zero-order valence-electron chi connectivity index (χ0n) is 18.8. The van der Waals surface area contributed by atoms with Crippen molar-refractivity contribution in [2.75, 3.05) is 37.0 Å². The molecule has 0 unspecified atom stereocenters. The molecule has 2 aromatic carbocycles. The third kappa shape index (κ3) is 6.00. The lowest BCUT2D eigenvalue weighted by atomic mass is 9.98. The van der Waals surface area contributed by atoms with E-state index in [-0.39, 0.29) is 11.8 Å². The number of benzene rings is 2. The van der Waals surface area contributed by atoms with Gasteiger partial charge in [0.05, 0.1) is 12.0 Å². The van der Waals surface area contributed by atoms with Gasteiger partial charge in [0.2, 0.25) is 5.91 Å². The van der Waals surface area contributed by atoms with Crippen LogP contribution >= 0.6 is 11.3 Å². The summed E-state index contributed by atoms with van der Waals surface area (Å²) in [4.78, 5) is 28.9. The maximum Gasteiger partial charge on any atom is 0.253 e. The van der Waals surface area contributed by atoms with E-state index < -0.39 is 0 Å². The van der Waals surface area contributed by atoms with Crippen LogP contribution in [0, 0.1) is 0 Å². The molecule has 1 aromatic heterocycles. The van der Waals surface area contributed by atoms with E-state index in [9.17, 15) is 9.59 Å². The van der Waals surface area contributed by atoms with Gasteiger partial charge in [-0.2, -0.15) is 0 Å². The minimum Gasteiger partial charge on any atom is -0.385 e. The molecule has 172 valence electrons. The Balaban J connectivity index is 1.54. The Bertz CT molecular complexity index is 1100. The van der Waals surface area contributed by atoms with Crippen LogP contribution in [0.4, 0.5) is 11.4 Å². The highest BCUT2D eigenvalue weighted by atomic mass is 32.1. The first-order chi connectivity index (χ1) is 16.1. The molecule has 3 aromatic rings. The number of methoxy groups -OCH3 is 1. The summed E-state index contributed by atoms with van der Waals surface area (Å²) in [5.41, 5.74) is 4.71. The van der Waals surface area contributed by atoms with E-state index in [1.54, 1.807) is 24.5 Å². The van der Waals surface area contributed by atoms with Crippen LogP contribution in [0.3, 0.4) is 0 Å². The van der Waals surface area contributed by atoms with Crippen molar-refractivity contribution in [2.24, 2.45) is 0 Å². The van der Waals surface area contributed by atoms with Crippen LogP contribution in [0.15, 0.2) is 60.0 Å². The van der Waals surface area contributed by atoms with Gasteiger partial charge in [-0.25, -0.2) is 0 Å². The molecule has 7 heteroatoms. The Kier molecular flexibility index (Phi) is 7.75. The molecule has 0 spiro atoms. The highest BCUT2D eigenvalue weighted by molar-refractivity contribution is 7.10. The predicted molar refractivity (Wildman–Crippen MR) is 133 cm³/mol. The molecule has 0 fully saturated rings. The fraction of sp³-hybridized carbons (Fsp3) is 0.308. The number of nitrogens with one attached hydrogen (secondary N) is 2. The first kappa shape index (κ1) is 23.0. The fourth-order valence-corrected chi connectivity index (χ4v) is 4.77. The van der Waals surface area contributed by atoms with Crippen LogP contribution in [-0.2, 0) is 28.9 Å². The third-order valence-electron chi connectivity index (χ3n) is 5.72. The molecule has 2 N–H and O–H groups in total. The Morgan fingerprint density at radius 3 is 2.73 bits per heavy atom. The van der Waals surface area contributed by atoms with Crippen LogP contribution < -0.4 is 15.5 Å². The number of amides is 2. The number of thiophene rings is 1. The summed E-state index contributed by atoms with van der Waals surface area (Å²) in [6.45, 7) is 2.72. The van der Waals surface area contributed by atoms with Gasteiger partial charge in [0.25, 0.3) is 5.91 Å². The molecule has 2 heterocycles. The molecule has 0 aliphatic carbocycles. The van der Waals surface area contributed by atoms with Crippen LogP contribution in [-0.4, -0.2) is 38.6 Å². The lowest BCUT2D eigenvalue weighted by molar-refractivity contribution is -0.115. The number of hydrogen-bond acceptors (Lipinski definition) is 5. The van der Waals surface area contributed by atoms with E-state index in [1.807, 2.05) is 29.6 Å². The number of ether oxygens (including phenoxy) is 1. The van der Waals surface area contributed by atoms with Crippen LogP contribution in [0.1, 0.15) is 32.8 Å². The number of hydrogen-bond donors (Lipinski definition) is 2. The standard InChI is InChI=1S/C26H29N3O3S/c1-32-14-5-12-27-26(31)23-16-21(28-25(30)17-22-8-4-15-33-22)9-10-24(23)29-13-11-19-6-2-3-7-20(19)18-29/h2-4,6-10,15-16H,5,11-14,17-18H2,1H3,(H,27,31)(H,28,30). The Morgan fingerprint density at radius 1 is 1.09 bits per heavy atom. The van der Waals surface area contributed by atoms with Gasteiger partial charge in [-0.15, -0.1) is 11.3 Å². The largest absolute Gasteiger partial charge is 0.385 e. The molecule has 4 rings (SSSR count). The minimum absolute atomic E-state index is 0.0939. The highest BCUT2D eigenvalue weighted by Crippen LogP contribution is 2.29. The summed E-state index contributed by atoms with van der Waals surface area (Å²) < 4.78 is 5.08. The van der Waals surface area contributed by atoms with Gasteiger partial charge >= 0.3 is 0 Å². The van der Waals surface area contributed by atoms with Crippen molar-refractivity contribution in [3.8, 4) is 0 Å². The monoisotopic (exact) mass is 463 g/mol. The first-order valence-corrected chi connectivity index (χ1v) is 12.1. The number of nitrogens with zero attached hydrogens (tertiary/aromatic N) is 1. The quantitative estimate of drug-likeness (QED) is 0.465. The van der Waals surface area contributed by atoms with Crippen molar-refractivity contribution in [1.29, 1.82) is 0 Å². The van der Waals surface area contributed by atoms with Crippen molar-refractivity contribution in [3.63, 3.8) is 0 Å². The number of rotatable bonds is 9. The second-order valence-electron chi connectivity index (χ2n) is 8.08. The lowest BCUT2D eigenvalue weighted by Crippen LogP contribution is -2.33. The van der Waals surface area contributed by atoms with Gasteiger partial charge in [-0.3, -0.25) is 9.59 Å². The summed E-state index contributed by atoms with van der Waals surface area (Å²) in [5, 5.41) is 7.90. The van der Waals surface area contributed by atoms with Gasteiger partial charge in [-0.05, 0) is 53.6 Å². The van der Waals surface area contributed by atoms with E-state index in [2.05, 4.69) is 39.8 Å². The Hall–Kier alpha value is -3.16. The van der Waals surface area contributed by atoms with Crippen molar-refractivity contribution in [2.45, 2.75) is 25.8 Å². The van der Waals surface area contributed by atoms with Gasteiger partial charge in [0, 0.05) is 49.6 Å². The fourth-order valence-electron chi connectivity index (χ4n) is 4.06. The summed E-state index contributed by atoms with van der Waals surface area (Å²) in [5.74, 6) is -0.238. The molecule has 0 saturated carbocycles. The Labute approximate surface area is 198 Å². The summed E-state index contributed by atoms with van der Waals surface area (Å²) in [7, 11) is 1.65. The van der Waals surface area contributed by atoms with E-state index >= 15 is 0 Å². The second kappa shape index (κ2) is 11.1. The van der Waals surface area contributed by atoms with E-state index in [4.69, 9.17) is 4.74 Å². The Morgan fingerprint density at radius 2 is 1.94 bits per heavy atom. The second-order valence-corrected chi connectivity index (χ2v) is 9.11. The van der Waals surface area contributed by atoms with Gasteiger partial charge < -0.3 is 20.3 Å². The molecular formula is C26H29N3O3S. The minimum atomic E-state index is -0.144. The smallest absolute Gasteiger partial charge is 0.253 e. The molecule has 0 saturated heterocycles. The zero-order valence-corrected chi connectivity index (χ0v) is 19.6. The van der Waals surface area contributed by atoms with E-state index in [1.165, 1.54) is 11.1 Å². The van der Waals surface area contributed by atoms with Crippen LogP contribution in [0.25, 0.3) is 0 Å². The lowest BCUT2D eigenvalue weighted by Gasteiger charge is -2.32. The molecule has 33 heavy (non-hydrogen) atoms. The normalized spacial score (nSPS) is 12.8. The van der Waals surface area contributed by atoms with Crippen LogP contribution in [0.5, 0.6) is 0 Å². The van der Waals surface area contributed by atoms with Crippen LogP contribution in [0.2, 0.25) is 0 Å². The van der Waals surface area contributed by atoms with Crippen molar-refractivity contribution in [1.82, 2.24) is 5.32 Å². The van der Waals surface area contributed by atoms with Gasteiger partial charge in [0.1, 0.15) is 0 Å². The SMILES string of the molecule is COCCCNC(=O)c1cc(NC(=O)Cc2cccs2)ccc1N1CCc2ccccc2C1. The molecule has 0 atom stereocenters. The van der Waals surface area contributed by atoms with Crippen molar-refractivity contribution in [3.05, 3.63) is 81.5 Å². The molecule has 2 amide bonds. The molecular weight excluding hydrogens is 434 g/mol. The number of anilines is 2. The third-order valence-corrected chi connectivity index (χ3v) is 6.60. The van der Waals surface area contributed by atoms with Crippen molar-refractivity contribution < 1.29 is 14.3 Å². The molecule has 0 bridgehead atoms. The maximum atomic E-state index is 13.1. The zero-order chi connectivity index (χ0) is 23.0.